The molecule has 0 fully saturated rings. The number of fused-ring (bicyclic) bond motifs is 1. The first kappa shape index (κ1) is 25.0. The molecule has 2 amide bonds. The minimum atomic E-state index is -0.291. The molecule has 3 aromatic carbocycles. The maximum Gasteiger partial charge on any atom is 0.254 e. The van der Waals surface area contributed by atoms with Crippen LogP contribution in [0.1, 0.15) is 43.7 Å². The van der Waals surface area contributed by atoms with Crippen molar-refractivity contribution in [2.75, 3.05) is 25.5 Å². The normalized spacial score (nSPS) is 11.4. The van der Waals surface area contributed by atoms with Crippen LogP contribution in [0.5, 0.6) is 5.75 Å². The van der Waals surface area contributed by atoms with E-state index in [2.05, 4.69) is 26.1 Å². The number of ether oxygens (including phenoxy) is 1. The van der Waals surface area contributed by atoms with Crippen LogP contribution in [0.4, 0.5) is 5.82 Å². The van der Waals surface area contributed by atoms with E-state index in [-0.39, 0.29) is 23.8 Å². The molecule has 1 heterocycles. The van der Waals surface area contributed by atoms with Gasteiger partial charge in [-0.05, 0) is 54.1 Å². The van der Waals surface area contributed by atoms with Gasteiger partial charge >= 0.3 is 0 Å². The second-order valence-electron chi connectivity index (χ2n) is 9.70. The van der Waals surface area contributed by atoms with Gasteiger partial charge in [-0.15, -0.1) is 0 Å². The number of benzene rings is 3. The van der Waals surface area contributed by atoms with Gasteiger partial charge in [0.25, 0.3) is 5.91 Å². The molecule has 0 saturated heterocycles. The first-order valence-electron chi connectivity index (χ1n) is 12.0. The quantitative estimate of drug-likeness (QED) is 0.379. The number of carbonyl (C=O) groups excluding carboxylic acids is 2. The van der Waals surface area contributed by atoms with Crippen LogP contribution in [-0.4, -0.2) is 46.7 Å². The number of likely N-dealkylation sites (N-methyl/N-ethyl adjacent to an activating group) is 1. The van der Waals surface area contributed by atoms with E-state index in [1.807, 2.05) is 73.7 Å². The molecule has 186 valence electrons. The van der Waals surface area contributed by atoms with E-state index in [1.165, 1.54) is 4.90 Å². The Hall–Kier alpha value is -4.13. The molecule has 1 aromatic heterocycles. The number of hydrogen-bond acceptors (Lipinski definition) is 4. The van der Waals surface area contributed by atoms with Crippen molar-refractivity contribution in [1.29, 1.82) is 0 Å². The van der Waals surface area contributed by atoms with Crippen molar-refractivity contribution in [2.45, 2.75) is 33.1 Å². The number of rotatable bonds is 7. The van der Waals surface area contributed by atoms with E-state index in [1.54, 1.807) is 17.9 Å². The van der Waals surface area contributed by atoms with E-state index in [4.69, 9.17) is 9.84 Å². The molecule has 1 N–H and O–H groups in total. The van der Waals surface area contributed by atoms with Crippen LogP contribution >= 0.6 is 0 Å². The Morgan fingerprint density at radius 3 is 2.31 bits per heavy atom. The Balaban J connectivity index is 1.55. The summed E-state index contributed by atoms with van der Waals surface area (Å²) in [5, 5.41) is 9.77. The fourth-order valence-corrected chi connectivity index (χ4v) is 3.94. The van der Waals surface area contributed by atoms with Gasteiger partial charge in [-0.1, -0.05) is 51.1 Å². The first-order valence-corrected chi connectivity index (χ1v) is 12.0. The lowest BCUT2D eigenvalue weighted by atomic mass is 9.92. The van der Waals surface area contributed by atoms with Crippen molar-refractivity contribution in [1.82, 2.24) is 14.7 Å². The zero-order valence-corrected chi connectivity index (χ0v) is 21.4. The minimum absolute atomic E-state index is 0.0686. The second-order valence-corrected chi connectivity index (χ2v) is 9.70. The highest BCUT2D eigenvalue weighted by atomic mass is 16.5. The van der Waals surface area contributed by atoms with E-state index < -0.39 is 0 Å². The van der Waals surface area contributed by atoms with E-state index >= 15 is 0 Å². The van der Waals surface area contributed by atoms with Crippen LogP contribution < -0.4 is 10.1 Å². The SMILES string of the molecule is CCN(CC(=O)Nc1cc(C(C)(C)C)nn1-c1ccc(OC)cc1)C(=O)c1ccc2ccccc2c1. The summed E-state index contributed by atoms with van der Waals surface area (Å²) >= 11 is 0. The van der Waals surface area contributed by atoms with Crippen molar-refractivity contribution >= 4 is 28.4 Å². The summed E-state index contributed by atoms with van der Waals surface area (Å²) in [6, 6.07) is 22.8. The van der Waals surface area contributed by atoms with Crippen molar-refractivity contribution in [3.8, 4) is 11.4 Å². The predicted octanol–water partition coefficient (Wildman–Crippen LogP) is 5.43. The number of amides is 2. The zero-order valence-electron chi connectivity index (χ0n) is 21.4. The average molecular weight is 485 g/mol. The van der Waals surface area contributed by atoms with Gasteiger partial charge in [0, 0.05) is 23.6 Å². The highest BCUT2D eigenvalue weighted by Crippen LogP contribution is 2.27. The van der Waals surface area contributed by atoms with Crippen LogP contribution in [0.15, 0.2) is 72.8 Å². The Morgan fingerprint density at radius 1 is 0.972 bits per heavy atom. The summed E-state index contributed by atoms with van der Waals surface area (Å²) in [5.41, 5.74) is 1.98. The molecule has 0 atom stereocenters. The number of nitrogens with zero attached hydrogens (tertiary/aromatic N) is 3. The minimum Gasteiger partial charge on any atom is -0.497 e. The number of anilines is 1. The number of hydrogen-bond donors (Lipinski definition) is 1. The van der Waals surface area contributed by atoms with E-state index in [9.17, 15) is 9.59 Å². The maximum atomic E-state index is 13.2. The number of nitrogens with one attached hydrogen (secondary N) is 1. The van der Waals surface area contributed by atoms with Gasteiger partial charge in [-0.25, -0.2) is 4.68 Å². The third-order valence-electron chi connectivity index (χ3n) is 6.06. The lowest BCUT2D eigenvalue weighted by Gasteiger charge is -2.21. The molecule has 36 heavy (non-hydrogen) atoms. The Kier molecular flexibility index (Phi) is 7.10. The van der Waals surface area contributed by atoms with E-state index in [0.29, 0.717) is 17.9 Å². The van der Waals surface area contributed by atoms with Gasteiger partial charge in [0.2, 0.25) is 5.91 Å². The van der Waals surface area contributed by atoms with Crippen LogP contribution in [0.3, 0.4) is 0 Å². The van der Waals surface area contributed by atoms with Crippen molar-refractivity contribution in [2.24, 2.45) is 0 Å². The third kappa shape index (κ3) is 5.40. The molecule has 0 aliphatic heterocycles. The van der Waals surface area contributed by atoms with Crippen LogP contribution in [0.2, 0.25) is 0 Å². The van der Waals surface area contributed by atoms with Crippen LogP contribution in [0.25, 0.3) is 16.5 Å². The summed E-state index contributed by atoms with van der Waals surface area (Å²) < 4.78 is 6.97. The molecule has 7 heteroatoms. The second kappa shape index (κ2) is 10.2. The fourth-order valence-electron chi connectivity index (χ4n) is 3.94. The lowest BCUT2D eigenvalue weighted by molar-refractivity contribution is -0.116. The molecular formula is C29H32N4O3. The Morgan fingerprint density at radius 2 is 1.67 bits per heavy atom. The summed E-state index contributed by atoms with van der Waals surface area (Å²) in [4.78, 5) is 27.9. The first-order chi connectivity index (χ1) is 17.2. The van der Waals surface area contributed by atoms with Crippen molar-refractivity contribution in [3.63, 3.8) is 0 Å². The number of methoxy groups -OCH3 is 1. The topological polar surface area (TPSA) is 76.5 Å². The molecule has 7 nitrogen and oxygen atoms in total. The van der Waals surface area contributed by atoms with Gasteiger partial charge < -0.3 is 15.0 Å². The molecule has 4 rings (SSSR count). The standard InChI is InChI=1S/C29H32N4O3/c1-6-32(28(35)22-12-11-20-9-7-8-10-21(20)17-22)19-27(34)30-26-18-25(29(2,3)4)31-33(26)23-13-15-24(36-5)16-14-23/h7-18H,6,19H2,1-5H3,(H,30,34). The molecule has 0 unspecified atom stereocenters. The molecule has 0 aliphatic carbocycles. The highest BCUT2D eigenvalue weighted by molar-refractivity contribution is 6.01. The molecule has 0 saturated carbocycles. The van der Waals surface area contributed by atoms with E-state index in [0.717, 1.165) is 27.9 Å². The van der Waals surface area contributed by atoms with Gasteiger partial charge in [-0.2, -0.15) is 5.10 Å². The van der Waals surface area contributed by atoms with Gasteiger partial charge in [-0.3, -0.25) is 9.59 Å². The molecule has 4 aromatic rings. The summed E-state index contributed by atoms with van der Waals surface area (Å²) in [6.45, 7) is 8.41. The lowest BCUT2D eigenvalue weighted by Crippen LogP contribution is -2.38. The number of aromatic nitrogens is 2. The average Bonchev–Trinajstić information content (AvgIpc) is 3.31. The monoisotopic (exact) mass is 484 g/mol. The zero-order chi connectivity index (χ0) is 25.9. The molecule has 0 spiro atoms. The fraction of sp³-hybridized carbons (Fsp3) is 0.276. The predicted molar refractivity (Wildman–Crippen MR) is 143 cm³/mol. The van der Waals surface area contributed by atoms with Gasteiger partial charge in [0.05, 0.1) is 18.5 Å². The number of carbonyl (C=O) groups is 2. The van der Waals surface area contributed by atoms with Crippen LogP contribution in [-0.2, 0) is 10.2 Å². The maximum absolute atomic E-state index is 13.2. The Labute approximate surface area is 211 Å². The Bertz CT molecular complexity index is 1380. The molecule has 0 radical (unpaired) electrons. The van der Waals surface area contributed by atoms with Gasteiger partial charge in [0.15, 0.2) is 0 Å². The molecular weight excluding hydrogens is 452 g/mol. The smallest absolute Gasteiger partial charge is 0.254 e. The largest absolute Gasteiger partial charge is 0.497 e. The van der Waals surface area contributed by atoms with Crippen molar-refractivity contribution < 1.29 is 14.3 Å². The third-order valence-corrected chi connectivity index (χ3v) is 6.06. The summed E-state index contributed by atoms with van der Waals surface area (Å²) in [7, 11) is 1.62. The highest BCUT2D eigenvalue weighted by Gasteiger charge is 2.23. The summed E-state index contributed by atoms with van der Waals surface area (Å²) in [6.07, 6.45) is 0. The van der Waals surface area contributed by atoms with Crippen LogP contribution in [0, 0.1) is 0 Å². The summed E-state index contributed by atoms with van der Waals surface area (Å²) in [5.74, 6) is 0.807. The van der Waals surface area contributed by atoms with Gasteiger partial charge in [0.1, 0.15) is 18.1 Å². The molecule has 0 bridgehead atoms. The molecule has 0 aliphatic rings. The van der Waals surface area contributed by atoms with Crippen molar-refractivity contribution in [3.05, 3.63) is 84.1 Å².